The number of amides is 3. The highest BCUT2D eigenvalue weighted by Crippen LogP contribution is 2.12. The first-order chi connectivity index (χ1) is 13.1. The van der Waals surface area contributed by atoms with E-state index < -0.39 is 0 Å². The minimum atomic E-state index is -0.379. The van der Waals surface area contributed by atoms with E-state index in [0.717, 1.165) is 6.41 Å². The summed E-state index contributed by atoms with van der Waals surface area (Å²) in [5, 5.41) is 2.67. The number of hydrogen-bond acceptors (Lipinski definition) is 3. The molecular weight excluding hydrogens is 349 g/mol. The first kappa shape index (κ1) is 18.6. The molecule has 0 atom stereocenters. The Morgan fingerprint density at radius 1 is 1.00 bits per heavy atom. The average Bonchev–Trinajstić information content (AvgIpc) is 2.72. The molecule has 1 aliphatic heterocycles. The van der Waals surface area contributed by atoms with E-state index in [2.05, 4.69) is 5.32 Å². The van der Waals surface area contributed by atoms with Crippen molar-refractivity contribution in [3.8, 4) is 0 Å². The molecule has 140 valence electrons. The minimum Gasteiger partial charge on any atom is -0.348 e. The van der Waals surface area contributed by atoms with Crippen molar-refractivity contribution in [1.29, 1.82) is 0 Å². The topological polar surface area (TPSA) is 69.7 Å². The van der Waals surface area contributed by atoms with E-state index in [1.807, 2.05) is 0 Å². The van der Waals surface area contributed by atoms with Crippen molar-refractivity contribution in [3.63, 3.8) is 0 Å². The van der Waals surface area contributed by atoms with E-state index in [-0.39, 0.29) is 24.2 Å². The van der Waals surface area contributed by atoms with Gasteiger partial charge in [-0.1, -0.05) is 24.3 Å². The van der Waals surface area contributed by atoms with Crippen LogP contribution in [0.5, 0.6) is 0 Å². The number of carbonyl (C=O) groups excluding carboxylic acids is 3. The Morgan fingerprint density at radius 3 is 2.41 bits per heavy atom. The van der Waals surface area contributed by atoms with Crippen molar-refractivity contribution < 1.29 is 18.8 Å². The Balaban J connectivity index is 1.64. The number of hydrogen-bond donors (Lipinski definition) is 1. The fourth-order valence-corrected chi connectivity index (χ4v) is 2.93. The molecule has 1 saturated heterocycles. The second-order valence-electron chi connectivity index (χ2n) is 6.29. The first-order valence-corrected chi connectivity index (χ1v) is 8.69. The largest absolute Gasteiger partial charge is 0.348 e. The van der Waals surface area contributed by atoms with Crippen LogP contribution >= 0.6 is 0 Å². The normalized spacial score (nSPS) is 14.0. The van der Waals surface area contributed by atoms with Gasteiger partial charge in [0.25, 0.3) is 11.8 Å². The van der Waals surface area contributed by atoms with Gasteiger partial charge in [0.2, 0.25) is 6.41 Å². The van der Waals surface area contributed by atoms with Crippen LogP contribution in [0.4, 0.5) is 4.39 Å². The highest BCUT2D eigenvalue weighted by atomic mass is 19.1. The van der Waals surface area contributed by atoms with Crippen molar-refractivity contribution in [2.45, 2.75) is 6.54 Å². The summed E-state index contributed by atoms with van der Waals surface area (Å²) in [6.45, 7) is 1.98. The van der Waals surface area contributed by atoms with Crippen molar-refractivity contribution in [1.82, 2.24) is 15.1 Å². The molecule has 2 aromatic rings. The molecule has 3 amide bonds. The number of carbonyl (C=O) groups is 3. The summed E-state index contributed by atoms with van der Waals surface area (Å²) in [4.78, 5) is 39.0. The zero-order valence-corrected chi connectivity index (χ0v) is 14.7. The SMILES string of the molecule is O=CN1CCN(C(=O)c2cccc(C(=O)NCc3ccccc3F)c2)CC1. The average molecular weight is 369 g/mol. The summed E-state index contributed by atoms with van der Waals surface area (Å²) in [6, 6.07) is 12.7. The molecule has 0 spiro atoms. The molecule has 1 heterocycles. The number of benzene rings is 2. The lowest BCUT2D eigenvalue weighted by molar-refractivity contribution is -0.119. The molecular formula is C20H20FN3O3. The van der Waals surface area contributed by atoms with Crippen LogP contribution in [-0.4, -0.2) is 54.2 Å². The van der Waals surface area contributed by atoms with Gasteiger partial charge in [-0.15, -0.1) is 0 Å². The molecule has 0 aromatic heterocycles. The van der Waals surface area contributed by atoms with E-state index in [4.69, 9.17) is 0 Å². The maximum Gasteiger partial charge on any atom is 0.253 e. The fourth-order valence-electron chi connectivity index (χ4n) is 2.93. The van der Waals surface area contributed by atoms with Crippen LogP contribution in [0.1, 0.15) is 26.3 Å². The lowest BCUT2D eigenvalue weighted by Crippen LogP contribution is -2.48. The summed E-state index contributed by atoms with van der Waals surface area (Å²) in [5.41, 5.74) is 1.14. The van der Waals surface area contributed by atoms with Gasteiger partial charge < -0.3 is 15.1 Å². The molecule has 1 N–H and O–H groups in total. The summed E-state index contributed by atoms with van der Waals surface area (Å²) in [5.74, 6) is -0.931. The van der Waals surface area contributed by atoms with Gasteiger partial charge in [0, 0.05) is 49.4 Å². The Labute approximate surface area is 156 Å². The van der Waals surface area contributed by atoms with Crippen LogP contribution in [0.2, 0.25) is 0 Å². The van der Waals surface area contributed by atoms with Gasteiger partial charge >= 0.3 is 0 Å². The molecule has 0 bridgehead atoms. The van der Waals surface area contributed by atoms with Crippen LogP contribution in [0.15, 0.2) is 48.5 Å². The quantitative estimate of drug-likeness (QED) is 0.815. The molecule has 6 nitrogen and oxygen atoms in total. The van der Waals surface area contributed by atoms with Crippen molar-refractivity contribution in [3.05, 3.63) is 71.0 Å². The van der Waals surface area contributed by atoms with Crippen LogP contribution < -0.4 is 5.32 Å². The molecule has 7 heteroatoms. The zero-order chi connectivity index (χ0) is 19.2. The lowest BCUT2D eigenvalue weighted by Gasteiger charge is -2.32. The summed E-state index contributed by atoms with van der Waals surface area (Å²) < 4.78 is 13.6. The van der Waals surface area contributed by atoms with Gasteiger partial charge in [-0.25, -0.2) is 4.39 Å². The molecule has 1 aliphatic rings. The summed E-state index contributed by atoms with van der Waals surface area (Å²) in [7, 11) is 0. The Kier molecular flexibility index (Phi) is 5.80. The highest BCUT2D eigenvalue weighted by Gasteiger charge is 2.22. The summed E-state index contributed by atoms with van der Waals surface area (Å²) in [6.07, 6.45) is 0.780. The van der Waals surface area contributed by atoms with E-state index in [1.54, 1.807) is 46.2 Å². The maximum atomic E-state index is 13.6. The van der Waals surface area contributed by atoms with Crippen LogP contribution in [0, 0.1) is 5.82 Å². The number of nitrogens with zero attached hydrogens (tertiary/aromatic N) is 2. The van der Waals surface area contributed by atoms with E-state index in [9.17, 15) is 18.8 Å². The van der Waals surface area contributed by atoms with Crippen LogP contribution in [-0.2, 0) is 11.3 Å². The van der Waals surface area contributed by atoms with Crippen LogP contribution in [0.25, 0.3) is 0 Å². The molecule has 0 saturated carbocycles. The minimum absolute atomic E-state index is 0.0668. The van der Waals surface area contributed by atoms with Crippen molar-refractivity contribution >= 4 is 18.2 Å². The second kappa shape index (κ2) is 8.44. The number of halogens is 1. The van der Waals surface area contributed by atoms with Gasteiger partial charge in [0.15, 0.2) is 0 Å². The molecule has 0 radical (unpaired) electrons. The Bertz CT molecular complexity index is 848. The van der Waals surface area contributed by atoms with Gasteiger partial charge in [-0.3, -0.25) is 14.4 Å². The summed E-state index contributed by atoms with van der Waals surface area (Å²) >= 11 is 0. The third-order valence-corrected chi connectivity index (χ3v) is 4.52. The zero-order valence-electron chi connectivity index (χ0n) is 14.7. The Morgan fingerprint density at radius 2 is 1.70 bits per heavy atom. The van der Waals surface area contributed by atoms with Crippen molar-refractivity contribution in [2.75, 3.05) is 26.2 Å². The molecule has 0 aliphatic carbocycles. The fraction of sp³-hybridized carbons (Fsp3) is 0.250. The lowest BCUT2D eigenvalue weighted by atomic mass is 10.1. The third kappa shape index (κ3) is 4.49. The van der Waals surface area contributed by atoms with Gasteiger partial charge in [0.05, 0.1) is 0 Å². The number of piperazine rings is 1. The smallest absolute Gasteiger partial charge is 0.253 e. The molecule has 1 fully saturated rings. The van der Waals surface area contributed by atoms with E-state index in [0.29, 0.717) is 42.9 Å². The van der Waals surface area contributed by atoms with Crippen molar-refractivity contribution in [2.24, 2.45) is 0 Å². The maximum absolute atomic E-state index is 13.6. The molecule has 2 aromatic carbocycles. The highest BCUT2D eigenvalue weighted by molar-refractivity contribution is 5.99. The standard InChI is InChI=1S/C20H20FN3O3/c21-18-7-2-1-4-17(18)13-22-19(26)15-5-3-6-16(12-15)20(27)24-10-8-23(14-25)9-11-24/h1-7,12,14H,8-11,13H2,(H,22,26). The van der Waals surface area contributed by atoms with Crippen LogP contribution in [0.3, 0.4) is 0 Å². The molecule has 0 unspecified atom stereocenters. The van der Waals surface area contributed by atoms with E-state index in [1.165, 1.54) is 12.1 Å². The molecule has 27 heavy (non-hydrogen) atoms. The number of nitrogens with one attached hydrogen (secondary N) is 1. The van der Waals surface area contributed by atoms with Gasteiger partial charge in [-0.05, 0) is 24.3 Å². The van der Waals surface area contributed by atoms with Gasteiger partial charge in [0.1, 0.15) is 5.82 Å². The predicted molar refractivity (Wildman–Crippen MR) is 97.6 cm³/mol. The van der Waals surface area contributed by atoms with Gasteiger partial charge in [-0.2, -0.15) is 0 Å². The molecule has 3 rings (SSSR count). The predicted octanol–water partition coefficient (Wildman–Crippen LogP) is 1.67. The Hall–Kier alpha value is -3.22. The monoisotopic (exact) mass is 369 g/mol. The number of rotatable bonds is 5. The third-order valence-electron chi connectivity index (χ3n) is 4.52. The van der Waals surface area contributed by atoms with E-state index >= 15 is 0 Å². The first-order valence-electron chi connectivity index (χ1n) is 8.69. The second-order valence-corrected chi connectivity index (χ2v) is 6.29.